The second-order valence-corrected chi connectivity index (χ2v) is 5.62. The number of quaternary nitrogens is 1. The predicted octanol–water partition coefficient (Wildman–Crippen LogP) is -4.45. The summed E-state index contributed by atoms with van der Waals surface area (Å²) in [4.78, 5) is 0. The maximum atomic E-state index is 8.94. The average Bonchev–Trinajstić information content (AvgIpc) is 2.35. The van der Waals surface area contributed by atoms with Gasteiger partial charge in [0.15, 0.2) is 0 Å². The van der Waals surface area contributed by atoms with E-state index in [1.165, 1.54) is 13.1 Å². The van der Waals surface area contributed by atoms with Crippen LogP contribution in [0.3, 0.4) is 0 Å². The minimum Gasteiger partial charge on any atom is -0.539 e. The normalized spacial score (nSPS) is 26.9. The quantitative estimate of drug-likeness (QED) is 0.251. The molecule has 0 atom stereocenters. The third kappa shape index (κ3) is 6.01. The summed E-state index contributed by atoms with van der Waals surface area (Å²) in [5, 5.41) is 35.7. The molecule has 128 valence electrons. The number of morpholine rings is 1. The lowest BCUT2D eigenvalue weighted by molar-refractivity contribution is -0.898. The molecule has 1 spiro atoms. The Morgan fingerprint density at radius 2 is 1.09 bits per heavy atom. The first-order valence-corrected chi connectivity index (χ1v) is 6.97. The molecule has 0 aromatic rings. The van der Waals surface area contributed by atoms with Gasteiger partial charge in [0.05, 0.1) is 27.3 Å². The number of ether oxygens (including phenoxy) is 1. The maximum Gasteiger partial charge on any atom is 0.582 e. The van der Waals surface area contributed by atoms with Crippen molar-refractivity contribution in [2.24, 2.45) is 0 Å². The standard InChI is InChI=1S/C6H14NO.B5H4O10/c1-7(2)3-5-8-6-4-7;6-1-10-2(7)13-5(12-1)14-3(8)11-4(9)15-5/h3-6H2,1-2H3;6-9H/q+1;-1. The van der Waals surface area contributed by atoms with E-state index < -0.39 is 36.2 Å². The summed E-state index contributed by atoms with van der Waals surface area (Å²) in [5.41, 5.74) is 0. The molecular formula is C6H18B5NO11. The Hall–Kier alpha value is -0.155. The lowest BCUT2D eigenvalue weighted by Crippen LogP contribution is -2.69. The topological polar surface area (TPSA) is 146 Å². The highest BCUT2D eigenvalue weighted by Gasteiger charge is 2.53. The molecule has 3 aliphatic heterocycles. The fraction of sp³-hybridized carbons (Fsp3) is 1.00. The van der Waals surface area contributed by atoms with Crippen LogP contribution in [0.5, 0.6) is 0 Å². The van der Waals surface area contributed by atoms with Crippen LogP contribution in [0, 0.1) is 0 Å². The van der Waals surface area contributed by atoms with Gasteiger partial charge < -0.3 is 56.7 Å². The zero-order chi connectivity index (χ0) is 17.1. The lowest BCUT2D eigenvalue weighted by Gasteiger charge is -2.49. The molecule has 0 aromatic carbocycles. The third-order valence-electron chi connectivity index (χ3n) is 3.28. The molecule has 3 rings (SSSR count). The molecule has 17 heteroatoms. The zero-order valence-electron chi connectivity index (χ0n) is 12.8. The van der Waals surface area contributed by atoms with Crippen LogP contribution in [0.25, 0.3) is 0 Å². The first kappa shape index (κ1) is 19.2. The highest BCUT2D eigenvalue weighted by Crippen LogP contribution is 2.23. The zero-order valence-corrected chi connectivity index (χ0v) is 12.8. The van der Waals surface area contributed by atoms with Gasteiger partial charge in [0.25, 0.3) is 0 Å². The Morgan fingerprint density at radius 3 is 1.35 bits per heavy atom. The predicted molar refractivity (Wildman–Crippen MR) is 76.8 cm³/mol. The van der Waals surface area contributed by atoms with Gasteiger partial charge in [0.1, 0.15) is 13.1 Å². The van der Waals surface area contributed by atoms with Gasteiger partial charge in [-0.3, -0.25) is 0 Å². The van der Waals surface area contributed by atoms with Crippen LogP contribution in [0.2, 0.25) is 0 Å². The Kier molecular flexibility index (Phi) is 6.52. The van der Waals surface area contributed by atoms with E-state index in [1.807, 2.05) is 0 Å². The molecule has 0 amide bonds. The molecule has 23 heavy (non-hydrogen) atoms. The summed E-state index contributed by atoms with van der Waals surface area (Å²) in [6.07, 6.45) is 0. The van der Waals surface area contributed by atoms with Crippen molar-refractivity contribution in [1.29, 1.82) is 0 Å². The van der Waals surface area contributed by atoms with Gasteiger partial charge in [-0.25, -0.2) is 0 Å². The van der Waals surface area contributed by atoms with Crippen LogP contribution in [-0.2, 0) is 32.2 Å². The number of hydrogen-bond donors (Lipinski definition) is 4. The van der Waals surface area contributed by atoms with Crippen molar-refractivity contribution in [2.45, 2.75) is 0 Å². The van der Waals surface area contributed by atoms with E-state index in [1.54, 1.807) is 0 Å². The summed E-state index contributed by atoms with van der Waals surface area (Å²) in [5.74, 6) is 0. The number of likely N-dealkylation sites (N-methyl/N-ethyl adjacent to an activating group) is 1. The summed E-state index contributed by atoms with van der Waals surface area (Å²) in [7, 11) is -3.11. The van der Waals surface area contributed by atoms with E-state index in [2.05, 4.69) is 41.5 Å². The third-order valence-corrected chi connectivity index (χ3v) is 3.28. The van der Waals surface area contributed by atoms with Crippen molar-refractivity contribution in [1.82, 2.24) is 0 Å². The van der Waals surface area contributed by atoms with Gasteiger partial charge >= 0.3 is 36.2 Å². The van der Waals surface area contributed by atoms with Crippen molar-refractivity contribution in [2.75, 3.05) is 40.4 Å². The van der Waals surface area contributed by atoms with Gasteiger partial charge in [-0.15, -0.1) is 0 Å². The van der Waals surface area contributed by atoms with Crippen LogP contribution in [0.1, 0.15) is 0 Å². The van der Waals surface area contributed by atoms with E-state index in [9.17, 15) is 0 Å². The first-order valence-electron chi connectivity index (χ1n) is 6.97. The van der Waals surface area contributed by atoms with Crippen molar-refractivity contribution < 1.29 is 56.7 Å². The smallest absolute Gasteiger partial charge is 0.539 e. The summed E-state index contributed by atoms with van der Waals surface area (Å²) >= 11 is 0. The summed E-state index contributed by atoms with van der Waals surface area (Å²) in [6, 6.07) is 0. The van der Waals surface area contributed by atoms with Crippen LogP contribution >= 0.6 is 0 Å². The molecule has 3 heterocycles. The Bertz CT molecular complexity index is 336. The fourth-order valence-corrected chi connectivity index (χ4v) is 1.93. The molecule has 3 aliphatic rings. The molecule has 4 N–H and O–H groups in total. The van der Waals surface area contributed by atoms with Crippen molar-refractivity contribution >= 4 is 36.2 Å². The van der Waals surface area contributed by atoms with Crippen LogP contribution < -0.4 is 0 Å². The van der Waals surface area contributed by atoms with Crippen molar-refractivity contribution in [3.63, 3.8) is 0 Å². The Labute approximate surface area is 134 Å². The highest BCUT2D eigenvalue weighted by molar-refractivity contribution is 6.81. The van der Waals surface area contributed by atoms with E-state index in [0.717, 1.165) is 17.7 Å². The van der Waals surface area contributed by atoms with Crippen molar-refractivity contribution in [3.05, 3.63) is 0 Å². The molecule has 3 fully saturated rings. The minimum atomic E-state index is -3.21. The average molecular weight is 334 g/mol. The molecular weight excluding hydrogens is 316 g/mol. The van der Waals surface area contributed by atoms with Gasteiger partial charge in [0.2, 0.25) is 0 Å². The molecule has 0 saturated carbocycles. The molecule has 0 bridgehead atoms. The SMILES string of the molecule is C[N+]1(C)CCOCC1.OB1OB(O)O[B-]2(O1)OB(O)OB(O)O2. The Balaban J connectivity index is 0.000000203. The highest BCUT2D eigenvalue weighted by atomic mass is 17.0. The van der Waals surface area contributed by atoms with Crippen LogP contribution in [0.15, 0.2) is 0 Å². The summed E-state index contributed by atoms with van der Waals surface area (Å²) in [6.45, 7) is 0.998. The fourth-order valence-electron chi connectivity index (χ4n) is 1.93. The molecule has 0 unspecified atom stereocenters. The minimum absolute atomic E-state index is 0.938. The summed E-state index contributed by atoms with van der Waals surface area (Å²) < 4.78 is 32.7. The lowest BCUT2D eigenvalue weighted by atomic mass is 9.84. The second kappa shape index (κ2) is 7.82. The van der Waals surface area contributed by atoms with Gasteiger partial charge in [-0.2, -0.15) is 0 Å². The monoisotopic (exact) mass is 335 g/mol. The number of nitrogens with zero attached hydrogens (tertiary/aromatic N) is 1. The van der Waals surface area contributed by atoms with Gasteiger partial charge in [-0.1, -0.05) is 0 Å². The van der Waals surface area contributed by atoms with Crippen LogP contribution in [0.4, 0.5) is 0 Å². The van der Waals surface area contributed by atoms with E-state index in [4.69, 9.17) is 24.8 Å². The van der Waals surface area contributed by atoms with Crippen LogP contribution in [-0.4, -0.2) is 101 Å². The Morgan fingerprint density at radius 1 is 0.739 bits per heavy atom. The van der Waals surface area contributed by atoms with Gasteiger partial charge in [0, 0.05) is 0 Å². The molecule has 3 saturated heterocycles. The molecule has 12 nitrogen and oxygen atoms in total. The molecule has 0 aliphatic carbocycles. The van der Waals surface area contributed by atoms with E-state index in [0.29, 0.717) is 0 Å². The van der Waals surface area contributed by atoms with E-state index >= 15 is 0 Å². The van der Waals surface area contributed by atoms with Crippen molar-refractivity contribution in [3.8, 4) is 0 Å². The molecule has 0 radical (unpaired) electrons. The van der Waals surface area contributed by atoms with Gasteiger partial charge in [-0.05, 0) is 0 Å². The number of hydrogen-bond acceptors (Lipinski definition) is 11. The first-order chi connectivity index (χ1) is 10.7. The second-order valence-electron chi connectivity index (χ2n) is 5.62. The number of rotatable bonds is 0. The largest absolute Gasteiger partial charge is 0.582 e. The molecule has 0 aromatic heterocycles. The van der Waals surface area contributed by atoms with E-state index in [-0.39, 0.29) is 0 Å². The maximum absolute atomic E-state index is 8.94.